The van der Waals surface area contributed by atoms with Gasteiger partial charge in [-0.25, -0.2) is 0 Å². The normalized spacial score (nSPS) is 13.2. The molecule has 8 heteroatoms. The van der Waals surface area contributed by atoms with E-state index in [-0.39, 0.29) is 11.5 Å². The maximum atomic E-state index is 13.5. The number of ether oxygens (including phenoxy) is 1. The van der Waals surface area contributed by atoms with Crippen LogP contribution in [0.3, 0.4) is 0 Å². The minimum atomic E-state index is -6.38. The van der Waals surface area contributed by atoms with Crippen LogP contribution in [0.2, 0.25) is 0 Å². The topological polar surface area (TPSA) is 9.23 Å². The van der Waals surface area contributed by atoms with Gasteiger partial charge in [0.15, 0.2) is 0 Å². The first-order valence-electron chi connectivity index (χ1n) is 7.93. The van der Waals surface area contributed by atoms with Gasteiger partial charge in [-0.3, -0.25) is 0 Å². The van der Waals surface area contributed by atoms with Gasteiger partial charge < -0.3 is 4.74 Å². The molecular formula is C19H21F7O. The number of hydrogen-bond acceptors (Lipinski definition) is 1. The first kappa shape index (κ1) is 24.8. The summed E-state index contributed by atoms with van der Waals surface area (Å²) in [7, 11) is 0. The molecule has 0 aliphatic heterocycles. The van der Waals surface area contributed by atoms with Crippen LogP contribution in [0, 0.1) is 0 Å². The number of alkyl halides is 7. The highest BCUT2D eigenvalue weighted by Gasteiger charge is 2.73. The molecule has 0 fully saturated rings. The van der Waals surface area contributed by atoms with Gasteiger partial charge in [0.2, 0.25) is 0 Å². The maximum absolute atomic E-state index is 13.5. The van der Waals surface area contributed by atoms with Crippen LogP contribution in [0.4, 0.5) is 30.7 Å². The largest absolute Gasteiger partial charge is 0.460 e. The monoisotopic (exact) mass is 398 g/mol. The Morgan fingerprint density at radius 3 is 1.81 bits per heavy atom. The third-order valence-electron chi connectivity index (χ3n) is 3.20. The van der Waals surface area contributed by atoms with E-state index in [9.17, 15) is 30.7 Å². The second kappa shape index (κ2) is 9.62. The molecule has 0 heterocycles. The van der Waals surface area contributed by atoms with Crippen LogP contribution in [-0.2, 0) is 5.92 Å². The van der Waals surface area contributed by atoms with Gasteiger partial charge >= 0.3 is 18.0 Å². The molecule has 1 nitrogen and oxygen atoms in total. The van der Waals surface area contributed by atoms with Crippen molar-refractivity contribution in [1.29, 1.82) is 0 Å². The number of allylic oxidation sites excluding steroid dienone is 4. The lowest BCUT2D eigenvalue weighted by Gasteiger charge is -2.28. The highest BCUT2D eigenvalue weighted by Crippen LogP contribution is 2.51. The zero-order valence-electron chi connectivity index (χ0n) is 15.3. The van der Waals surface area contributed by atoms with Gasteiger partial charge in [-0.1, -0.05) is 38.2 Å². The Kier molecular flexibility index (Phi) is 8.82. The summed E-state index contributed by atoms with van der Waals surface area (Å²) in [6.45, 7) is 11.2. The van der Waals surface area contributed by atoms with E-state index < -0.39 is 23.6 Å². The van der Waals surface area contributed by atoms with Crippen LogP contribution in [0.15, 0.2) is 60.4 Å². The van der Waals surface area contributed by atoms with Gasteiger partial charge in [0.25, 0.3) is 0 Å². The summed E-state index contributed by atoms with van der Waals surface area (Å²) < 4.78 is 94.7. The summed E-state index contributed by atoms with van der Waals surface area (Å²) in [5.74, 6) is -11.5. The quantitative estimate of drug-likeness (QED) is 0.275. The Hall–Kier alpha value is -2.25. The molecule has 27 heavy (non-hydrogen) atoms. The molecule has 0 spiro atoms. The minimum Gasteiger partial charge on any atom is -0.458 e. The molecule has 0 amide bonds. The molecule has 0 radical (unpaired) electrons. The fourth-order valence-corrected chi connectivity index (χ4v) is 1.60. The molecule has 0 saturated carbocycles. The molecule has 152 valence electrons. The zero-order valence-corrected chi connectivity index (χ0v) is 15.3. The summed E-state index contributed by atoms with van der Waals surface area (Å²) in [6, 6.07) is 2.61. The first-order chi connectivity index (χ1) is 12.3. The standard InChI is InChI=1S/C17H15F7O.C2H6/c1-4-11(2)5-6-12(3)25-14-9-7-13(8-10-14)15(18,19)16(20,21)17(22,23)24;1-2/h4-10H,3H2,1-2H3;1-2H3/b6-5-,11-4-;. The van der Waals surface area contributed by atoms with Crippen molar-refractivity contribution in [2.45, 2.75) is 45.7 Å². The lowest BCUT2D eigenvalue weighted by molar-refractivity contribution is -0.359. The Morgan fingerprint density at radius 1 is 0.926 bits per heavy atom. The maximum Gasteiger partial charge on any atom is 0.460 e. The van der Waals surface area contributed by atoms with Crippen molar-refractivity contribution < 1.29 is 35.5 Å². The van der Waals surface area contributed by atoms with Crippen LogP contribution in [-0.4, -0.2) is 12.1 Å². The van der Waals surface area contributed by atoms with Gasteiger partial charge in [-0.05, 0) is 44.2 Å². The van der Waals surface area contributed by atoms with Gasteiger partial charge in [0.05, 0.1) is 0 Å². The molecule has 0 saturated heterocycles. The third kappa shape index (κ3) is 6.15. The van der Waals surface area contributed by atoms with E-state index in [2.05, 4.69) is 6.58 Å². The Bertz CT molecular complexity index is 668. The molecule has 0 unspecified atom stereocenters. The fourth-order valence-electron chi connectivity index (χ4n) is 1.60. The SMILES string of the molecule is C=C(/C=C\C(C)=C/C)Oc1ccc(C(F)(F)C(F)(F)C(F)(F)F)cc1.CC. The van der Waals surface area contributed by atoms with E-state index in [4.69, 9.17) is 4.74 Å². The zero-order chi connectivity index (χ0) is 21.5. The molecule has 0 bridgehead atoms. The minimum absolute atomic E-state index is 0.0392. The van der Waals surface area contributed by atoms with E-state index in [1.54, 1.807) is 13.0 Å². The molecule has 0 N–H and O–H groups in total. The first-order valence-corrected chi connectivity index (χ1v) is 7.93. The van der Waals surface area contributed by atoms with Gasteiger partial charge in [-0.2, -0.15) is 30.7 Å². The van der Waals surface area contributed by atoms with E-state index >= 15 is 0 Å². The summed E-state index contributed by atoms with van der Waals surface area (Å²) >= 11 is 0. The molecule has 1 rings (SSSR count). The van der Waals surface area contributed by atoms with Crippen molar-refractivity contribution in [2.75, 3.05) is 0 Å². The average Bonchev–Trinajstić information content (AvgIpc) is 2.60. The highest BCUT2D eigenvalue weighted by atomic mass is 19.4. The lowest BCUT2D eigenvalue weighted by Crippen LogP contribution is -2.49. The summed E-state index contributed by atoms with van der Waals surface area (Å²) in [4.78, 5) is 0. The van der Waals surface area contributed by atoms with Crippen molar-refractivity contribution in [3.8, 4) is 5.75 Å². The van der Waals surface area contributed by atoms with Crippen molar-refractivity contribution in [3.05, 3.63) is 66.0 Å². The van der Waals surface area contributed by atoms with Gasteiger partial charge in [0.1, 0.15) is 11.5 Å². The van der Waals surface area contributed by atoms with Crippen molar-refractivity contribution in [2.24, 2.45) is 0 Å². The molecule has 0 aromatic heterocycles. The van der Waals surface area contributed by atoms with E-state index in [1.807, 2.05) is 26.8 Å². The molecular weight excluding hydrogens is 377 g/mol. The van der Waals surface area contributed by atoms with Crippen molar-refractivity contribution in [3.63, 3.8) is 0 Å². The molecule has 1 aromatic carbocycles. The van der Waals surface area contributed by atoms with E-state index in [0.717, 1.165) is 17.7 Å². The smallest absolute Gasteiger partial charge is 0.458 e. The summed E-state index contributed by atoms with van der Waals surface area (Å²) in [5.41, 5.74) is -0.581. The van der Waals surface area contributed by atoms with Crippen molar-refractivity contribution in [1.82, 2.24) is 0 Å². The van der Waals surface area contributed by atoms with Gasteiger partial charge in [0, 0.05) is 5.56 Å². The highest BCUT2D eigenvalue weighted by molar-refractivity contribution is 5.33. The summed E-state index contributed by atoms with van der Waals surface area (Å²) in [5, 5.41) is 0. The van der Waals surface area contributed by atoms with Crippen LogP contribution in [0.5, 0.6) is 5.75 Å². The molecule has 1 aromatic rings. The Balaban J connectivity index is 0.00000326. The molecule has 0 aliphatic carbocycles. The average molecular weight is 398 g/mol. The fraction of sp³-hybridized carbons (Fsp3) is 0.368. The Labute approximate surface area is 153 Å². The second-order valence-corrected chi connectivity index (χ2v) is 5.11. The number of benzene rings is 1. The van der Waals surface area contributed by atoms with E-state index in [1.165, 1.54) is 6.08 Å². The molecule has 0 aliphatic rings. The number of hydrogen-bond donors (Lipinski definition) is 0. The molecule has 0 atom stereocenters. The van der Waals surface area contributed by atoms with Crippen LogP contribution in [0.25, 0.3) is 0 Å². The van der Waals surface area contributed by atoms with Crippen LogP contribution < -0.4 is 4.74 Å². The second-order valence-electron chi connectivity index (χ2n) is 5.11. The Morgan fingerprint density at radius 2 is 1.41 bits per heavy atom. The van der Waals surface area contributed by atoms with Crippen LogP contribution in [0.1, 0.15) is 33.3 Å². The number of halogens is 7. The predicted octanol–water partition coefficient (Wildman–Crippen LogP) is 7.42. The number of rotatable bonds is 6. The van der Waals surface area contributed by atoms with Crippen LogP contribution >= 0.6 is 0 Å². The lowest BCUT2D eigenvalue weighted by atomic mass is 10.0. The van der Waals surface area contributed by atoms with Crippen molar-refractivity contribution >= 4 is 0 Å². The summed E-state index contributed by atoms with van der Waals surface area (Å²) in [6.07, 6.45) is -1.43. The van der Waals surface area contributed by atoms with E-state index in [0.29, 0.717) is 12.1 Å². The predicted molar refractivity (Wildman–Crippen MR) is 91.0 cm³/mol. The third-order valence-corrected chi connectivity index (χ3v) is 3.20. The van der Waals surface area contributed by atoms with Gasteiger partial charge in [-0.15, -0.1) is 0 Å².